The van der Waals surface area contributed by atoms with Gasteiger partial charge in [-0.1, -0.05) is 49.4 Å². The van der Waals surface area contributed by atoms with Crippen molar-refractivity contribution in [1.82, 2.24) is 0 Å². The van der Waals surface area contributed by atoms with Crippen LogP contribution in [-0.4, -0.2) is 6.29 Å². The first-order valence-electron chi connectivity index (χ1n) is 5.95. The number of fused-ring (bicyclic) bond motifs is 2. The van der Waals surface area contributed by atoms with Gasteiger partial charge in [0.1, 0.15) is 6.29 Å². The Morgan fingerprint density at radius 1 is 1.25 bits per heavy atom. The summed E-state index contributed by atoms with van der Waals surface area (Å²) in [5.41, 5.74) is 1.12. The summed E-state index contributed by atoms with van der Waals surface area (Å²) < 4.78 is 0. The first-order chi connectivity index (χ1) is 7.75. The van der Waals surface area contributed by atoms with Crippen molar-refractivity contribution in [3.8, 4) is 0 Å². The Bertz CT molecular complexity index is 434. The first-order valence-corrected chi connectivity index (χ1v) is 5.95. The number of allylic oxidation sites excluding steroid dienone is 2. The molecule has 82 valence electrons. The first kappa shape index (κ1) is 9.83. The third kappa shape index (κ3) is 1.14. The highest BCUT2D eigenvalue weighted by atomic mass is 16.1. The van der Waals surface area contributed by atoms with Crippen LogP contribution in [0.2, 0.25) is 0 Å². The Morgan fingerprint density at radius 2 is 2.00 bits per heavy atom. The van der Waals surface area contributed by atoms with Crippen LogP contribution in [0.3, 0.4) is 0 Å². The maximum Gasteiger partial charge on any atom is 0.127 e. The minimum Gasteiger partial charge on any atom is -0.303 e. The van der Waals surface area contributed by atoms with E-state index in [4.69, 9.17) is 0 Å². The Morgan fingerprint density at radius 3 is 2.69 bits per heavy atom. The summed E-state index contributed by atoms with van der Waals surface area (Å²) in [6.07, 6.45) is 6.86. The van der Waals surface area contributed by atoms with E-state index in [-0.39, 0.29) is 5.41 Å². The normalized spacial score (nSPS) is 40.2. The van der Waals surface area contributed by atoms with Gasteiger partial charge in [-0.25, -0.2) is 0 Å². The molecule has 0 unspecified atom stereocenters. The molecule has 1 aromatic rings. The van der Waals surface area contributed by atoms with Crippen molar-refractivity contribution in [3.05, 3.63) is 48.0 Å². The van der Waals surface area contributed by atoms with Crippen molar-refractivity contribution in [2.75, 3.05) is 0 Å². The molecule has 3 rings (SSSR count). The van der Waals surface area contributed by atoms with E-state index in [1.54, 1.807) is 0 Å². The Hall–Kier alpha value is -1.37. The molecule has 2 aliphatic carbocycles. The van der Waals surface area contributed by atoms with Crippen molar-refractivity contribution < 1.29 is 4.79 Å². The highest BCUT2D eigenvalue weighted by Gasteiger charge is 2.53. The molecule has 2 aliphatic rings. The number of benzene rings is 1. The van der Waals surface area contributed by atoms with Gasteiger partial charge in [0.05, 0.1) is 0 Å². The fourth-order valence-corrected chi connectivity index (χ4v) is 3.55. The number of rotatable bonds is 2. The van der Waals surface area contributed by atoms with Crippen LogP contribution in [0.15, 0.2) is 42.5 Å². The topological polar surface area (TPSA) is 17.1 Å². The van der Waals surface area contributed by atoms with Gasteiger partial charge < -0.3 is 4.79 Å². The molecule has 1 aromatic carbocycles. The minimum atomic E-state index is -0.194. The molecular formula is C15H16O. The third-order valence-corrected chi connectivity index (χ3v) is 4.43. The molecule has 1 nitrogen and oxygen atoms in total. The van der Waals surface area contributed by atoms with E-state index in [1.165, 1.54) is 11.8 Å². The second kappa shape index (κ2) is 3.31. The molecule has 0 heterocycles. The molecule has 0 radical (unpaired) electrons. The van der Waals surface area contributed by atoms with Crippen LogP contribution in [0.5, 0.6) is 0 Å². The predicted octanol–water partition coefficient (Wildman–Crippen LogP) is 3.18. The largest absolute Gasteiger partial charge is 0.303 e. The van der Waals surface area contributed by atoms with Crippen LogP contribution < -0.4 is 0 Å². The zero-order valence-corrected chi connectivity index (χ0v) is 9.47. The van der Waals surface area contributed by atoms with Crippen LogP contribution >= 0.6 is 0 Å². The van der Waals surface area contributed by atoms with E-state index in [0.29, 0.717) is 17.8 Å². The standard InChI is InChI=1S/C15H16O/c1-15(10-16)13-8-7-12(9-13)14(15)11-5-3-2-4-6-11/h2-8,10,12-14H,9H2,1H3/t12-,13+,14-,15+/m1/s1. The fraction of sp³-hybridized carbons (Fsp3) is 0.400. The summed E-state index contributed by atoms with van der Waals surface area (Å²) in [6, 6.07) is 10.5. The molecule has 0 saturated heterocycles. The molecule has 1 fully saturated rings. The average Bonchev–Trinajstić information content (AvgIpc) is 2.89. The number of carbonyl (C=O) groups excluding carboxylic acids is 1. The van der Waals surface area contributed by atoms with Crippen LogP contribution in [0.4, 0.5) is 0 Å². The highest BCUT2D eigenvalue weighted by molar-refractivity contribution is 5.65. The molecule has 16 heavy (non-hydrogen) atoms. The average molecular weight is 212 g/mol. The summed E-state index contributed by atoms with van der Waals surface area (Å²) >= 11 is 0. The molecule has 0 aromatic heterocycles. The van der Waals surface area contributed by atoms with E-state index in [2.05, 4.69) is 43.3 Å². The van der Waals surface area contributed by atoms with E-state index >= 15 is 0 Å². The predicted molar refractivity (Wildman–Crippen MR) is 64.1 cm³/mol. The molecule has 1 saturated carbocycles. The number of carbonyl (C=O) groups is 1. The smallest absolute Gasteiger partial charge is 0.127 e. The Balaban J connectivity index is 2.07. The van der Waals surface area contributed by atoms with Crippen LogP contribution in [0.1, 0.15) is 24.8 Å². The molecule has 0 amide bonds. The maximum atomic E-state index is 11.5. The lowest BCUT2D eigenvalue weighted by Gasteiger charge is -2.34. The third-order valence-electron chi connectivity index (χ3n) is 4.43. The summed E-state index contributed by atoms with van der Waals surface area (Å²) in [7, 11) is 0. The van der Waals surface area contributed by atoms with Crippen molar-refractivity contribution >= 4 is 6.29 Å². The summed E-state index contributed by atoms with van der Waals surface area (Å²) in [4.78, 5) is 11.5. The number of hydrogen-bond donors (Lipinski definition) is 0. The van der Waals surface area contributed by atoms with Gasteiger partial charge in [0.2, 0.25) is 0 Å². The zero-order chi connectivity index (χ0) is 11.2. The van der Waals surface area contributed by atoms with Gasteiger partial charge in [-0.2, -0.15) is 0 Å². The number of aldehydes is 1. The van der Waals surface area contributed by atoms with Gasteiger partial charge in [-0.15, -0.1) is 0 Å². The number of hydrogen-bond acceptors (Lipinski definition) is 1. The van der Waals surface area contributed by atoms with Gasteiger partial charge in [-0.3, -0.25) is 0 Å². The van der Waals surface area contributed by atoms with Crippen LogP contribution in [0.25, 0.3) is 0 Å². The zero-order valence-electron chi connectivity index (χ0n) is 9.47. The van der Waals surface area contributed by atoms with Gasteiger partial charge in [0, 0.05) is 11.3 Å². The maximum absolute atomic E-state index is 11.5. The second-order valence-corrected chi connectivity index (χ2v) is 5.26. The van der Waals surface area contributed by atoms with Gasteiger partial charge in [0.15, 0.2) is 0 Å². The van der Waals surface area contributed by atoms with Crippen molar-refractivity contribution in [1.29, 1.82) is 0 Å². The SMILES string of the molecule is C[C@@]1(C=O)[C@H](c2ccccc2)[C@@H]2C=C[C@H]1C2. The lowest BCUT2D eigenvalue weighted by Crippen LogP contribution is -2.31. The summed E-state index contributed by atoms with van der Waals surface area (Å²) in [6.45, 7) is 2.12. The molecular weight excluding hydrogens is 196 g/mol. The van der Waals surface area contributed by atoms with Crippen molar-refractivity contribution in [3.63, 3.8) is 0 Å². The van der Waals surface area contributed by atoms with E-state index in [9.17, 15) is 4.79 Å². The molecule has 2 bridgehead atoms. The van der Waals surface area contributed by atoms with Crippen LogP contribution in [0, 0.1) is 17.3 Å². The molecule has 4 atom stereocenters. The second-order valence-electron chi connectivity index (χ2n) is 5.26. The summed E-state index contributed by atoms with van der Waals surface area (Å²) in [5, 5.41) is 0. The Kier molecular flexibility index (Phi) is 2.03. The Labute approximate surface area is 96.2 Å². The van der Waals surface area contributed by atoms with Gasteiger partial charge in [-0.05, 0) is 23.8 Å². The quantitative estimate of drug-likeness (QED) is 0.543. The van der Waals surface area contributed by atoms with Gasteiger partial charge >= 0.3 is 0 Å². The van der Waals surface area contributed by atoms with E-state index in [0.717, 1.165) is 6.42 Å². The van der Waals surface area contributed by atoms with Crippen molar-refractivity contribution in [2.45, 2.75) is 19.3 Å². The van der Waals surface area contributed by atoms with Crippen LogP contribution in [-0.2, 0) is 4.79 Å². The molecule has 0 spiro atoms. The van der Waals surface area contributed by atoms with Crippen molar-refractivity contribution in [2.24, 2.45) is 17.3 Å². The fourth-order valence-electron chi connectivity index (χ4n) is 3.55. The molecule has 1 heteroatoms. The highest BCUT2D eigenvalue weighted by Crippen LogP contribution is 2.59. The summed E-state index contributed by atoms with van der Waals surface area (Å²) in [5.74, 6) is 1.38. The minimum absolute atomic E-state index is 0.194. The van der Waals surface area contributed by atoms with E-state index in [1.807, 2.05) is 6.07 Å². The van der Waals surface area contributed by atoms with Gasteiger partial charge in [0.25, 0.3) is 0 Å². The molecule has 0 N–H and O–H groups in total. The lowest BCUT2D eigenvalue weighted by atomic mass is 9.68. The lowest BCUT2D eigenvalue weighted by molar-refractivity contribution is -0.117. The monoisotopic (exact) mass is 212 g/mol. The molecule has 0 aliphatic heterocycles. The van der Waals surface area contributed by atoms with E-state index < -0.39 is 0 Å².